The van der Waals surface area contributed by atoms with Crippen LogP contribution in [-0.4, -0.2) is 9.97 Å². The Hall–Kier alpha value is -2.62. The molecule has 0 saturated heterocycles. The van der Waals surface area contributed by atoms with Crippen LogP contribution in [0.1, 0.15) is 12.5 Å². The normalized spacial score (nSPS) is 10.8. The van der Waals surface area contributed by atoms with Crippen LogP contribution < -0.4 is 11.3 Å². The number of anilines is 1. The Morgan fingerprint density at radius 3 is 2.60 bits per heavy atom. The van der Waals surface area contributed by atoms with Crippen LogP contribution in [-0.2, 0) is 6.42 Å². The van der Waals surface area contributed by atoms with Crippen molar-refractivity contribution in [1.29, 1.82) is 0 Å². The van der Waals surface area contributed by atoms with Gasteiger partial charge in [-0.3, -0.25) is 4.79 Å². The minimum atomic E-state index is -0.164. The zero-order valence-electron chi connectivity index (χ0n) is 11.2. The molecule has 0 bridgehead atoms. The SMILES string of the molecule is CCc1c(N)nc(-c2ccc3ccccc3c2)[nH]c1=O. The molecule has 3 N–H and O–H groups in total. The van der Waals surface area contributed by atoms with E-state index in [4.69, 9.17) is 5.73 Å². The van der Waals surface area contributed by atoms with Crippen LogP contribution in [0.4, 0.5) is 5.82 Å². The van der Waals surface area contributed by atoms with E-state index in [2.05, 4.69) is 9.97 Å². The Kier molecular flexibility index (Phi) is 2.99. The fraction of sp³-hybridized carbons (Fsp3) is 0.125. The van der Waals surface area contributed by atoms with Crippen LogP contribution in [0.5, 0.6) is 0 Å². The molecule has 0 unspecified atom stereocenters. The Bertz CT molecular complexity index is 836. The summed E-state index contributed by atoms with van der Waals surface area (Å²) in [7, 11) is 0. The fourth-order valence-electron chi connectivity index (χ4n) is 2.33. The third-order valence-electron chi connectivity index (χ3n) is 3.42. The predicted molar refractivity (Wildman–Crippen MR) is 81.6 cm³/mol. The predicted octanol–water partition coefficient (Wildman–Crippen LogP) is 2.73. The molecule has 0 amide bonds. The van der Waals surface area contributed by atoms with Gasteiger partial charge in [0.15, 0.2) is 0 Å². The van der Waals surface area contributed by atoms with E-state index < -0.39 is 0 Å². The maximum atomic E-state index is 12.0. The molecule has 0 aliphatic carbocycles. The summed E-state index contributed by atoms with van der Waals surface area (Å²) in [6.07, 6.45) is 0.576. The van der Waals surface area contributed by atoms with Crippen molar-refractivity contribution in [3.8, 4) is 11.4 Å². The topological polar surface area (TPSA) is 71.8 Å². The van der Waals surface area contributed by atoms with Crippen molar-refractivity contribution in [3.05, 3.63) is 58.4 Å². The Balaban J connectivity index is 2.18. The average molecular weight is 265 g/mol. The second-order valence-electron chi connectivity index (χ2n) is 4.69. The maximum Gasteiger partial charge on any atom is 0.256 e. The van der Waals surface area contributed by atoms with Gasteiger partial charge in [0.05, 0.1) is 5.56 Å². The molecule has 0 aliphatic heterocycles. The van der Waals surface area contributed by atoms with Gasteiger partial charge in [-0.05, 0) is 23.3 Å². The molecule has 0 saturated carbocycles. The van der Waals surface area contributed by atoms with Crippen LogP contribution in [0.25, 0.3) is 22.2 Å². The van der Waals surface area contributed by atoms with Crippen molar-refractivity contribution in [3.63, 3.8) is 0 Å². The number of nitrogen functional groups attached to an aromatic ring is 1. The fourth-order valence-corrected chi connectivity index (χ4v) is 2.33. The van der Waals surface area contributed by atoms with Crippen molar-refractivity contribution in [2.24, 2.45) is 0 Å². The van der Waals surface area contributed by atoms with Gasteiger partial charge in [0.2, 0.25) is 0 Å². The van der Waals surface area contributed by atoms with Crippen LogP contribution in [0, 0.1) is 0 Å². The summed E-state index contributed by atoms with van der Waals surface area (Å²) in [4.78, 5) is 19.1. The number of hydrogen-bond acceptors (Lipinski definition) is 3. The van der Waals surface area contributed by atoms with Crippen molar-refractivity contribution in [2.45, 2.75) is 13.3 Å². The van der Waals surface area contributed by atoms with Crippen LogP contribution in [0.15, 0.2) is 47.3 Å². The molecular weight excluding hydrogens is 250 g/mol. The highest BCUT2D eigenvalue weighted by Gasteiger charge is 2.08. The number of hydrogen-bond donors (Lipinski definition) is 2. The first-order valence-corrected chi connectivity index (χ1v) is 6.57. The molecule has 1 aromatic heterocycles. The van der Waals surface area contributed by atoms with E-state index in [1.54, 1.807) is 0 Å². The summed E-state index contributed by atoms with van der Waals surface area (Å²) in [5.74, 6) is 0.815. The zero-order chi connectivity index (χ0) is 14.1. The molecule has 1 heterocycles. The molecule has 4 nitrogen and oxygen atoms in total. The first kappa shape index (κ1) is 12.4. The molecule has 0 atom stereocenters. The zero-order valence-corrected chi connectivity index (χ0v) is 11.2. The van der Waals surface area contributed by atoms with Gasteiger partial charge in [-0.1, -0.05) is 43.3 Å². The molecule has 3 rings (SSSR count). The van der Waals surface area contributed by atoms with Gasteiger partial charge >= 0.3 is 0 Å². The summed E-state index contributed by atoms with van der Waals surface area (Å²) in [6, 6.07) is 14.0. The van der Waals surface area contributed by atoms with Gasteiger partial charge in [0, 0.05) is 5.56 Å². The first-order valence-electron chi connectivity index (χ1n) is 6.57. The molecule has 100 valence electrons. The molecular formula is C16H15N3O. The standard InChI is InChI=1S/C16H15N3O/c1-2-13-14(17)18-15(19-16(13)20)12-8-7-10-5-3-4-6-11(10)9-12/h3-9H,2H2,1H3,(H3,17,18,19,20). The van der Waals surface area contributed by atoms with Gasteiger partial charge in [-0.25, -0.2) is 4.98 Å². The summed E-state index contributed by atoms with van der Waals surface area (Å²) in [5.41, 5.74) is 7.08. The lowest BCUT2D eigenvalue weighted by atomic mass is 10.1. The van der Waals surface area contributed by atoms with Crippen LogP contribution >= 0.6 is 0 Å². The highest BCUT2D eigenvalue weighted by molar-refractivity contribution is 5.86. The van der Waals surface area contributed by atoms with E-state index in [-0.39, 0.29) is 5.56 Å². The monoisotopic (exact) mass is 265 g/mol. The van der Waals surface area contributed by atoms with Gasteiger partial charge in [0.25, 0.3) is 5.56 Å². The smallest absolute Gasteiger partial charge is 0.256 e. The Morgan fingerprint density at radius 2 is 1.90 bits per heavy atom. The van der Waals surface area contributed by atoms with E-state index in [1.165, 1.54) is 0 Å². The van der Waals surface area contributed by atoms with Crippen LogP contribution in [0.2, 0.25) is 0 Å². The van der Waals surface area contributed by atoms with Gasteiger partial charge in [-0.2, -0.15) is 0 Å². The molecule has 2 aromatic carbocycles. The Morgan fingerprint density at radius 1 is 1.15 bits per heavy atom. The summed E-state index contributed by atoms with van der Waals surface area (Å²) in [6.45, 7) is 1.89. The molecule has 0 radical (unpaired) electrons. The van der Waals surface area contributed by atoms with E-state index in [9.17, 15) is 4.79 Å². The van der Waals surface area contributed by atoms with E-state index >= 15 is 0 Å². The largest absolute Gasteiger partial charge is 0.383 e. The summed E-state index contributed by atoms with van der Waals surface area (Å²) >= 11 is 0. The van der Waals surface area contributed by atoms with E-state index in [1.807, 2.05) is 49.4 Å². The van der Waals surface area contributed by atoms with Gasteiger partial charge in [0.1, 0.15) is 11.6 Å². The van der Waals surface area contributed by atoms with Gasteiger partial charge in [-0.15, -0.1) is 0 Å². The number of rotatable bonds is 2. The number of nitrogens with two attached hydrogens (primary N) is 1. The lowest BCUT2D eigenvalue weighted by Crippen LogP contribution is -2.17. The van der Waals surface area contributed by atoms with Crippen molar-refractivity contribution in [2.75, 3.05) is 5.73 Å². The minimum absolute atomic E-state index is 0.164. The molecule has 3 aromatic rings. The summed E-state index contributed by atoms with van der Waals surface area (Å²) < 4.78 is 0. The number of nitrogens with zero attached hydrogens (tertiary/aromatic N) is 1. The lowest BCUT2D eigenvalue weighted by Gasteiger charge is -2.06. The first-order chi connectivity index (χ1) is 9.69. The number of aromatic amines is 1. The molecule has 0 spiro atoms. The third-order valence-corrected chi connectivity index (χ3v) is 3.42. The van der Waals surface area contributed by atoms with Gasteiger partial charge < -0.3 is 10.7 Å². The second kappa shape index (κ2) is 4.81. The minimum Gasteiger partial charge on any atom is -0.383 e. The number of aromatic nitrogens is 2. The molecule has 20 heavy (non-hydrogen) atoms. The third kappa shape index (κ3) is 2.05. The molecule has 4 heteroatoms. The van der Waals surface area contributed by atoms with E-state index in [0.29, 0.717) is 23.6 Å². The quantitative estimate of drug-likeness (QED) is 0.748. The van der Waals surface area contributed by atoms with Crippen molar-refractivity contribution < 1.29 is 0 Å². The maximum absolute atomic E-state index is 12.0. The van der Waals surface area contributed by atoms with E-state index in [0.717, 1.165) is 16.3 Å². The Labute approximate surface area is 116 Å². The number of fused-ring (bicyclic) bond motifs is 1. The highest BCUT2D eigenvalue weighted by atomic mass is 16.1. The number of H-pyrrole nitrogens is 1. The number of benzene rings is 2. The average Bonchev–Trinajstić information content (AvgIpc) is 2.46. The van der Waals surface area contributed by atoms with Crippen molar-refractivity contribution >= 4 is 16.6 Å². The van der Waals surface area contributed by atoms with Crippen LogP contribution in [0.3, 0.4) is 0 Å². The second-order valence-corrected chi connectivity index (χ2v) is 4.69. The highest BCUT2D eigenvalue weighted by Crippen LogP contribution is 2.22. The lowest BCUT2D eigenvalue weighted by molar-refractivity contribution is 1.02. The number of nitrogens with one attached hydrogen (secondary N) is 1. The molecule has 0 aliphatic rings. The van der Waals surface area contributed by atoms with Crippen molar-refractivity contribution in [1.82, 2.24) is 9.97 Å². The summed E-state index contributed by atoms with van der Waals surface area (Å²) in [5, 5.41) is 2.25. The molecule has 0 fully saturated rings.